The Morgan fingerprint density at radius 2 is 1.39 bits per heavy atom. The van der Waals surface area contributed by atoms with E-state index in [9.17, 15) is 0 Å². The second-order valence-electron chi connectivity index (χ2n) is 13.7. The number of pyridine rings is 2. The van der Waals surface area contributed by atoms with Gasteiger partial charge in [0.1, 0.15) is 0 Å². The van der Waals surface area contributed by atoms with E-state index >= 15 is 0 Å². The molecular formula is C46H40IrN2SSi-2. The summed E-state index contributed by atoms with van der Waals surface area (Å²) < 4.78 is 10.8. The largest absolute Gasteiger partial charge is 0.305 e. The van der Waals surface area contributed by atoms with Crippen molar-refractivity contribution in [2.75, 3.05) is 0 Å². The predicted octanol–water partition coefficient (Wildman–Crippen LogP) is 12.5. The number of benzene rings is 5. The molecule has 0 atom stereocenters. The number of fused-ring (bicyclic) bond motifs is 3. The molecule has 51 heavy (non-hydrogen) atoms. The summed E-state index contributed by atoms with van der Waals surface area (Å²) >= 11 is 1.80. The van der Waals surface area contributed by atoms with Gasteiger partial charge in [0.2, 0.25) is 0 Å². The molecule has 0 spiro atoms. The molecule has 0 aliphatic carbocycles. The summed E-state index contributed by atoms with van der Waals surface area (Å²) in [5, 5.41) is 3.90. The fourth-order valence-electron chi connectivity index (χ4n) is 6.09. The molecule has 0 amide bonds. The minimum Gasteiger partial charge on any atom is -0.305 e. The van der Waals surface area contributed by atoms with Crippen LogP contribution >= 0.6 is 11.3 Å². The van der Waals surface area contributed by atoms with Crippen LogP contribution in [0.2, 0.25) is 19.6 Å². The molecule has 3 heterocycles. The van der Waals surface area contributed by atoms with Gasteiger partial charge in [0.15, 0.2) is 0 Å². The van der Waals surface area contributed by atoms with Gasteiger partial charge in [-0.1, -0.05) is 135 Å². The first kappa shape index (κ1) is 34.9. The summed E-state index contributed by atoms with van der Waals surface area (Å²) in [6, 6.07) is 53.0. The first-order chi connectivity index (χ1) is 24.5. The molecule has 0 saturated carbocycles. The molecule has 0 aliphatic heterocycles. The monoisotopic (exact) mass is 874 g/mol. The molecule has 5 aromatic carbocycles. The molecule has 0 N–H and O–H groups in total. The molecule has 0 aliphatic rings. The maximum atomic E-state index is 8.33. The van der Waals surface area contributed by atoms with Gasteiger partial charge in [0.05, 0.1) is 8.07 Å². The van der Waals surface area contributed by atoms with Crippen LogP contribution in [0.3, 0.4) is 0 Å². The van der Waals surface area contributed by atoms with Crippen molar-refractivity contribution in [3.8, 4) is 44.8 Å². The minimum atomic E-state index is -1.29. The van der Waals surface area contributed by atoms with Gasteiger partial charge >= 0.3 is 0 Å². The van der Waals surface area contributed by atoms with Crippen molar-refractivity contribution in [2.24, 2.45) is 0 Å². The maximum Gasteiger partial charge on any atom is 0.0795 e. The van der Waals surface area contributed by atoms with Crippen molar-refractivity contribution >= 4 is 44.8 Å². The molecule has 3 aromatic heterocycles. The van der Waals surface area contributed by atoms with Crippen LogP contribution in [-0.2, 0) is 20.1 Å². The number of thiophene rings is 1. The molecule has 2 nitrogen and oxygen atoms in total. The van der Waals surface area contributed by atoms with Gasteiger partial charge in [-0.2, -0.15) is 11.3 Å². The van der Waals surface area contributed by atoms with Gasteiger partial charge in [-0.25, -0.2) is 0 Å². The molecule has 0 unspecified atom stereocenters. The van der Waals surface area contributed by atoms with E-state index in [1.165, 1.54) is 47.6 Å². The number of hydrogen-bond acceptors (Lipinski definition) is 3. The fraction of sp³-hybridized carbons (Fsp3) is 0.130. The Morgan fingerprint density at radius 3 is 2.08 bits per heavy atom. The van der Waals surface area contributed by atoms with Crippen LogP contribution in [0.25, 0.3) is 64.9 Å². The number of rotatable bonds is 6. The third kappa shape index (κ3) is 8.19. The Balaban J connectivity index is 0.000000182. The number of nitrogens with zero attached hydrogens (tertiary/aromatic N) is 2. The Kier molecular flexibility index (Phi) is 10.8. The van der Waals surface area contributed by atoms with Gasteiger partial charge < -0.3 is 9.97 Å². The molecule has 255 valence electrons. The molecule has 0 bridgehead atoms. The third-order valence-electron chi connectivity index (χ3n) is 8.94. The Labute approximate surface area is 322 Å². The molecule has 5 heteroatoms. The zero-order valence-electron chi connectivity index (χ0n) is 30.5. The van der Waals surface area contributed by atoms with Crippen molar-refractivity contribution in [2.45, 2.75) is 39.4 Å². The van der Waals surface area contributed by atoms with E-state index < -0.39 is 14.0 Å². The van der Waals surface area contributed by atoms with Crippen LogP contribution in [-0.4, -0.2) is 18.0 Å². The van der Waals surface area contributed by atoms with Crippen LogP contribution in [0, 0.1) is 12.1 Å². The van der Waals surface area contributed by atoms with Crippen LogP contribution in [0.15, 0.2) is 146 Å². The Morgan fingerprint density at radius 1 is 0.667 bits per heavy atom. The van der Waals surface area contributed by atoms with Crippen molar-refractivity contribution in [1.82, 2.24) is 9.97 Å². The predicted molar refractivity (Wildman–Crippen MR) is 218 cm³/mol. The average molecular weight is 874 g/mol. The molecule has 0 fully saturated rings. The minimum absolute atomic E-state index is 0. The number of aromatic nitrogens is 2. The van der Waals surface area contributed by atoms with E-state index in [0.29, 0.717) is 0 Å². The second kappa shape index (κ2) is 15.8. The quantitative estimate of drug-likeness (QED) is 0.123. The van der Waals surface area contributed by atoms with Crippen molar-refractivity contribution in [1.29, 1.82) is 0 Å². The first-order valence-corrected chi connectivity index (χ1v) is 21.3. The van der Waals surface area contributed by atoms with E-state index in [-0.39, 0.29) is 20.1 Å². The van der Waals surface area contributed by atoms with Gasteiger partial charge in [0.25, 0.3) is 0 Å². The molecule has 1 radical (unpaired) electrons. The van der Waals surface area contributed by atoms with Crippen molar-refractivity contribution in [3.63, 3.8) is 0 Å². The third-order valence-corrected chi connectivity index (χ3v) is 12.1. The van der Waals surface area contributed by atoms with Crippen LogP contribution in [0.1, 0.15) is 26.7 Å². The summed E-state index contributed by atoms with van der Waals surface area (Å²) in [4.78, 5) is 9.22. The van der Waals surface area contributed by atoms with E-state index in [4.69, 9.17) is 1.37 Å². The summed E-state index contributed by atoms with van der Waals surface area (Å²) in [6.07, 6.45) is 3.82. The molecule has 8 rings (SSSR count). The van der Waals surface area contributed by atoms with Crippen LogP contribution in [0.5, 0.6) is 0 Å². The van der Waals surface area contributed by atoms with Crippen LogP contribution in [0.4, 0.5) is 0 Å². The van der Waals surface area contributed by atoms with Gasteiger partial charge in [0, 0.05) is 38.6 Å². The molecule has 0 saturated heterocycles. The van der Waals surface area contributed by atoms with Gasteiger partial charge in [-0.15, -0.1) is 59.2 Å². The second-order valence-corrected chi connectivity index (χ2v) is 19.9. The summed E-state index contributed by atoms with van der Waals surface area (Å²) in [7, 11) is -1.29. The first-order valence-electron chi connectivity index (χ1n) is 17.5. The SMILES string of the molecule is C[Si](C)(C)c1ccc(-c2[c-]ccc(-c3ccccc3)c2)nc1.[2H]C(C)(C)c1ccnc(-c2[c-]cc3sc4cccc(-c5ccccc5)c4c3c2)c1.[Ir]. The van der Waals surface area contributed by atoms with Crippen molar-refractivity contribution < 1.29 is 21.5 Å². The van der Waals surface area contributed by atoms with Gasteiger partial charge in [-0.05, 0) is 61.4 Å². The Hall–Kier alpha value is -4.51. The average Bonchev–Trinajstić information content (AvgIpc) is 3.54. The topological polar surface area (TPSA) is 25.8 Å². The van der Waals surface area contributed by atoms with Gasteiger partial charge in [-0.3, -0.25) is 0 Å². The standard InChI is InChI=1S/C26H20NS.C20H20NSi.Ir/c1-17(2)19-13-14-27-23(16-19)20-11-12-24-22(15-20)26-21(9-6-10-25(26)28-24)18-7-4-3-5-8-18;1-22(2,3)19-12-13-20(21-15-19)18-11-7-10-17(14-18)16-8-5-4-6-9-16;/h3-10,12-17H,1-2H3;4-10,12-15H,1-3H3;/q2*-1;/i17D;;. The molecular weight excluding hydrogens is 833 g/mol. The van der Waals surface area contributed by atoms with Crippen LogP contribution < -0.4 is 5.19 Å². The van der Waals surface area contributed by atoms with E-state index in [1.807, 2.05) is 44.3 Å². The smallest absolute Gasteiger partial charge is 0.0795 e. The fourth-order valence-corrected chi connectivity index (χ4v) is 8.22. The van der Waals surface area contributed by atoms with E-state index in [0.717, 1.165) is 28.1 Å². The molecule has 8 aromatic rings. The van der Waals surface area contributed by atoms with E-state index in [2.05, 4.69) is 151 Å². The Bertz CT molecular complexity index is 2430. The van der Waals surface area contributed by atoms with E-state index in [1.54, 1.807) is 17.5 Å². The maximum absolute atomic E-state index is 8.33. The normalized spacial score (nSPS) is 11.7. The van der Waals surface area contributed by atoms with Crippen molar-refractivity contribution in [3.05, 3.63) is 164 Å². The zero-order chi connectivity index (χ0) is 35.6. The number of hydrogen-bond donors (Lipinski definition) is 0. The summed E-state index contributed by atoms with van der Waals surface area (Å²) in [5.74, 6) is -0.655. The summed E-state index contributed by atoms with van der Waals surface area (Å²) in [5.41, 5.74) is 9.71. The summed E-state index contributed by atoms with van der Waals surface area (Å²) in [6.45, 7) is 10.8. The zero-order valence-corrected chi connectivity index (χ0v) is 33.7.